The van der Waals surface area contributed by atoms with Gasteiger partial charge in [0.05, 0.1) is 18.6 Å². The van der Waals surface area contributed by atoms with Crippen molar-refractivity contribution in [3.8, 4) is 11.5 Å². The molecule has 0 bridgehead atoms. The molecule has 4 rings (SSSR count). The van der Waals surface area contributed by atoms with Crippen LogP contribution in [0.5, 0.6) is 11.5 Å². The van der Waals surface area contributed by atoms with Crippen LogP contribution < -0.4 is 9.47 Å². The fourth-order valence-electron chi connectivity index (χ4n) is 5.11. The van der Waals surface area contributed by atoms with Crippen molar-refractivity contribution >= 4 is 5.78 Å². The molecule has 0 radical (unpaired) electrons. The topological polar surface area (TPSA) is 35.5 Å². The monoisotopic (exact) mass is 312 g/mol. The highest BCUT2D eigenvalue weighted by Crippen LogP contribution is 2.55. The molecule has 0 aromatic heterocycles. The first kappa shape index (κ1) is 14.8. The lowest BCUT2D eigenvalue weighted by atomic mass is 9.56. The highest BCUT2D eigenvalue weighted by atomic mass is 16.5. The number of carbonyl (C=O) groups is 1. The highest BCUT2D eigenvalue weighted by molar-refractivity contribution is 6.02. The molecule has 1 spiro atoms. The second kappa shape index (κ2) is 5.12. The number of ether oxygens (including phenoxy) is 2. The van der Waals surface area contributed by atoms with E-state index in [-0.39, 0.29) is 17.3 Å². The van der Waals surface area contributed by atoms with Crippen LogP contribution in [0.25, 0.3) is 0 Å². The molecule has 3 heteroatoms. The first-order chi connectivity index (χ1) is 11.1. The van der Waals surface area contributed by atoms with Crippen LogP contribution in [0, 0.1) is 17.8 Å². The number of hydrogen-bond acceptors (Lipinski definition) is 3. The Hall–Kier alpha value is -1.77. The fourth-order valence-corrected chi connectivity index (χ4v) is 5.11. The fraction of sp³-hybridized carbons (Fsp3) is 0.550. The van der Waals surface area contributed by atoms with Gasteiger partial charge in [0.25, 0.3) is 0 Å². The molecule has 3 nitrogen and oxygen atoms in total. The van der Waals surface area contributed by atoms with Gasteiger partial charge in [0.1, 0.15) is 17.1 Å². The first-order valence-corrected chi connectivity index (χ1v) is 8.65. The van der Waals surface area contributed by atoms with Crippen molar-refractivity contribution in [3.63, 3.8) is 0 Å². The number of ketones is 1. The maximum absolute atomic E-state index is 13.3. The smallest absolute Gasteiger partial charge is 0.174 e. The predicted molar refractivity (Wildman–Crippen MR) is 89.1 cm³/mol. The van der Waals surface area contributed by atoms with Crippen molar-refractivity contribution in [1.82, 2.24) is 0 Å². The first-order valence-electron chi connectivity index (χ1n) is 8.65. The van der Waals surface area contributed by atoms with Gasteiger partial charge in [-0.1, -0.05) is 18.6 Å². The van der Waals surface area contributed by atoms with E-state index < -0.39 is 0 Å². The van der Waals surface area contributed by atoms with Crippen molar-refractivity contribution in [2.45, 2.75) is 45.1 Å². The van der Waals surface area contributed by atoms with Crippen molar-refractivity contribution in [2.75, 3.05) is 7.11 Å². The van der Waals surface area contributed by atoms with Crippen molar-refractivity contribution < 1.29 is 14.3 Å². The third-order valence-corrected chi connectivity index (χ3v) is 6.18. The minimum absolute atomic E-state index is 0.0375. The van der Waals surface area contributed by atoms with Gasteiger partial charge in [0, 0.05) is 5.92 Å². The normalized spacial score (nSPS) is 35.3. The van der Waals surface area contributed by atoms with Gasteiger partial charge < -0.3 is 9.47 Å². The lowest BCUT2D eigenvalue weighted by molar-refractivity contribution is -0.0831. The predicted octanol–water partition coefficient (Wildman–Crippen LogP) is 4.41. The quantitative estimate of drug-likeness (QED) is 0.720. The molecule has 1 fully saturated rings. The molecule has 23 heavy (non-hydrogen) atoms. The molecule has 1 heterocycles. The summed E-state index contributed by atoms with van der Waals surface area (Å²) in [4.78, 5) is 13.3. The number of allylic oxidation sites excluding steroid dienone is 1. The average molecular weight is 312 g/mol. The highest BCUT2D eigenvalue weighted by Gasteiger charge is 2.59. The van der Waals surface area contributed by atoms with Crippen LogP contribution in [-0.4, -0.2) is 18.5 Å². The van der Waals surface area contributed by atoms with Gasteiger partial charge in [-0.3, -0.25) is 4.79 Å². The van der Waals surface area contributed by atoms with Crippen LogP contribution >= 0.6 is 0 Å². The molecule has 4 atom stereocenters. The Kier molecular flexibility index (Phi) is 3.29. The Labute approximate surface area is 137 Å². The van der Waals surface area contributed by atoms with Crippen molar-refractivity contribution in [2.24, 2.45) is 17.8 Å². The van der Waals surface area contributed by atoms with Crippen molar-refractivity contribution in [1.29, 1.82) is 0 Å². The minimum Gasteiger partial charge on any atom is -0.497 e. The third-order valence-electron chi connectivity index (χ3n) is 6.18. The van der Waals surface area contributed by atoms with E-state index in [1.54, 1.807) is 7.11 Å². The van der Waals surface area contributed by atoms with Crippen LogP contribution in [0.15, 0.2) is 29.8 Å². The standard InChI is InChI=1S/C20H24O3/c1-12-5-4-10-20-16(12)8-6-13(2)18(20)19(21)15-11-14(22-3)7-9-17(15)23-20/h5,7,9,11,13,16,18H,4,6,8,10H2,1-3H3/t13-,16-,18-,20-/m0/s1. The Bertz CT molecular complexity index is 690. The Morgan fingerprint density at radius 2 is 2.13 bits per heavy atom. The van der Waals surface area contributed by atoms with Gasteiger partial charge in [-0.15, -0.1) is 0 Å². The number of hydrogen-bond donors (Lipinski definition) is 0. The number of Topliss-reactive ketones (excluding diaryl/α,β-unsaturated/α-hetero) is 1. The number of fused-ring (bicyclic) bond motifs is 1. The summed E-state index contributed by atoms with van der Waals surface area (Å²) >= 11 is 0. The molecule has 1 aromatic rings. The zero-order valence-corrected chi connectivity index (χ0v) is 14.1. The van der Waals surface area contributed by atoms with E-state index in [9.17, 15) is 4.79 Å². The summed E-state index contributed by atoms with van der Waals surface area (Å²) in [5.41, 5.74) is 1.76. The maximum atomic E-state index is 13.3. The molecule has 3 aliphatic rings. The third kappa shape index (κ3) is 1.98. The lowest BCUT2D eigenvalue weighted by Gasteiger charge is -2.55. The summed E-state index contributed by atoms with van der Waals surface area (Å²) in [6.07, 6.45) is 6.50. The summed E-state index contributed by atoms with van der Waals surface area (Å²) in [6.45, 7) is 4.42. The van der Waals surface area contributed by atoms with E-state index in [0.717, 1.165) is 37.2 Å². The zero-order chi connectivity index (χ0) is 16.2. The molecule has 0 unspecified atom stereocenters. The molecule has 1 aromatic carbocycles. The second-order valence-electron chi connectivity index (χ2n) is 7.36. The molecule has 0 N–H and O–H groups in total. The Morgan fingerprint density at radius 1 is 1.30 bits per heavy atom. The Morgan fingerprint density at radius 3 is 2.91 bits per heavy atom. The van der Waals surface area contributed by atoms with Gasteiger partial charge in [0.15, 0.2) is 5.78 Å². The molecule has 1 aliphatic heterocycles. The summed E-state index contributed by atoms with van der Waals surface area (Å²) in [5.74, 6) is 2.40. The van der Waals surface area contributed by atoms with E-state index in [4.69, 9.17) is 9.47 Å². The molecule has 122 valence electrons. The average Bonchev–Trinajstić information content (AvgIpc) is 2.54. The number of carbonyl (C=O) groups excluding carboxylic acids is 1. The van der Waals surface area contributed by atoms with E-state index in [2.05, 4.69) is 19.9 Å². The van der Waals surface area contributed by atoms with E-state index in [0.29, 0.717) is 17.4 Å². The van der Waals surface area contributed by atoms with Gasteiger partial charge in [-0.05, 0) is 56.7 Å². The number of rotatable bonds is 1. The van der Waals surface area contributed by atoms with Crippen LogP contribution in [-0.2, 0) is 0 Å². The summed E-state index contributed by atoms with van der Waals surface area (Å²) < 4.78 is 11.9. The largest absolute Gasteiger partial charge is 0.497 e. The van der Waals surface area contributed by atoms with E-state index >= 15 is 0 Å². The van der Waals surface area contributed by atoms with E-state index in [1.807, 2.05) is 18.2 Å². The zero-order valence-electron chi connectivity index (χ0n) is 14.1. The van der Waals surface area contributed by atoms with Gasteiger partial charge in [-0.2, -0.15) is 0 Å². The second-order valence-corrected chi connectivity index (χ2v) is 7.36. The van der Waals surface area contributed by atoms with Crippen LogP contribution in [0.2, 0.25) is 0 Å². The molecule has 0 amide bonds. The van der Waals surface area contributed by atoms with Crippen LogP contribution in [0.3, 0.4) is 0 Å². The molecular formula is C20H24O3. The molecule has 2 aliphatic carbocycles. The SMILES string of the molecule is COc1ccc2c(c1)C(=O)[C@@H]1[C@@H](C)CC[C@H]3C(C)=CCC[C@@]13O2. The lowest BCUT2D eigenvalue weighted by Crippen LogP contribution is -2.61. The summed E-state index contributed by atoms with van der Waals surface area (Å²) in [7, 11) is 1.63. The molecule has 0 saturated heterocycles. The number of methoxy groups -OCH3 is 1. The Balaban J connectivity index is 1.87. The van der Waals surface area contributed by atoms with Gasteiger partial charge in [-0.25, -0.2) is 0 Å². The molecule has 1 saturated carbocycles. The maximum Gasteiger partial charge on any atom is 0.174 e. The van der Waals surface area contributed by atoms with Crippen LogP contribution in [0.1, 0.15) is 49.9 Å². The van der Waals surface area contributed by atoms with E-state index in [1.165, 1.54) is 5.57 Å². The molecular weight excluding hydrogens is 288 g/mol. The summed E-state index contributed by atoms with van der Waals surface area (Å²) in [5, 5.41) is 0. The van der Waals surface area contributed by atoms with Crippen molar-refractivity contribution in [3.05, 3.63) is 35.4 Å². The van der Waals surface area contributed by atoms with Crippen LogP contribution in [0.4, 0.5) is 0 Å². The minimum atomic E-state index is -0.338. The van der Waals surface area contributed by atoms with Gasteiger partial charge >= 0.3 is 0 Å². The summed E-state index contributed by atoms with van der Waals surface area (Å²) in [6, 6.07) is 5.63. The number of benzene rings is 1. The van der Waals surface area contributed by atoms with Gasteiger partial charge in [0.2, 0.25) is 0 Å².